The van der Waals surface area contributed by atoms with Crippen LogP contribution in [0.25, 0.3) is 0 Å². The summed E-state index contributed by atoms with van der Waals surface area (Å²) in [6.45, 7) is 6.15. The van der Waals surface area contributed by atoms with Crippen molar-refractivity contribution in [3.8, 4) is 0 Å². The van der Waals surface area contributed by atoms with Crippen LogP contribution in [0.2, 0.25) is 0 Å². The van der Waals surface area contributed by atoms with Gasteiger partial charge in [-0.2, -0.15) is 0 Å². The van der Waals surface area contributed by atoms with Gasteiger partial charge >= 0.3 is 0 Å². The molecule has 3 heteroatoms. The van der Waals surface area contributed by atoms with Crippen LogP contribution in [-0.2, 0) is 4.79 Å². The van der Waals surface area contributed by atoms with Gasteiger partial charge in [0.1, 0.15) is 0 Å². The fourth-order valence-electron chi connectivity index (χ4n) is 2.21. The summed E-state index contributed by atoms with van der Waals surface area (Å²) in [4.78, 5) is 13.9. The van der Waals surface area contributed by atoms with Gasteiger partial charge in [0, 0.05) is 19.5 Å². The van der Waals surface area contributed by atoms with E-state index < -0.39 is 0 Å². The molecule has 0 spiro atoms. The van der Waals surface area contributed by atoms with Gasteiger partial charge in [0.2, 0.25) is 5.91 Å². The number of aryl methyl sites for hydroxylation is 1. The second kappa shape index (κ2) is 5.21. The molecule has 1 amide bonds. The molecule has 1 aliphatic rings. The Bertz CT molecular complexity index is 409. The van der Waals surface area contributed by atoms with E-state index in [0.29, 0.717) is 6.42 Å². The summed E-state index contributed by atoms with van der Waals surface area (Å²) in [6, 6.07) is 6.22. The summed E-state index contributed by atoms with van der Waals surface area (Å²) in [5, 5.41) is 2.98. The second-order valence-electron chi connectivity index (χ2n) is 4.62. The maximum absolute atomic E-state index is 11.5. The lowest BCUT2D eigenvalue weighted by Gasteiger charge is -2.22. The molecule has 1 heterocycles. The highest BCUT2D eigenvalue weighted by atomic mass is 16.1. The van der Waals surface area contributed by atoms with Crippen LogP contribution in [0.15, 0.2) is 18.2 Å². The average Bonchev–Trinajstić information content (AvgIpc) is 2.84. The molecular weight excluding hydrogens is 212 g/mol. The van der Waals surface area contributed by atoms with Gasteiger partial charge in [0.05, 0.1) is 11.4 Å². The molecule has 0 atom stereocenters. The van der Waals surface area contributed by atoms with Gasteiger partial charge in [-0.05, 0) is 37.5 Å². The van der Waals surface area contributed by atoms with Crippen LogP contribution >= 0.6 is 0 Å². The Kier molecular flexibility index (Phi) is 3.67. The molecule has 0 bridgehead atoms. The molecule has 1 N–H and O–H groups in total. The lowest BCUT2D eigenvalue weighted by atomic mass is 10.1. The third kappa shape index (κ3) is 2.78. The highest BCUT2D eigenvalue weighted by Gasteiger charge is 2.16. The molecule has 0 aliphatic carbocycles. The normalized spacial score (nSPS) is 15.1. The van der Waals surface area contributed by atoms with Gasteiger partial charge in [-0.25, -0.2) is 0 Å². The first-order valence-corrected chi connectivity index (χ1v) is 6.36. The molecule has 1 aromatic rings. The van der Waals surface area contributed by atoms with Gasteiger partial charge in [-0.3, -0.25) is 4.79 Å². The standard InChI is InChI=1S/C14H20N2O/c1-3-14(17)15-12-7-6-11(2)10-13(12)16-8-4-5-9-16/h6-7,10H,3-5,8-9H2,1-2H3,(H,15,17). The van der Waals surface area contributed by atoms with E-state index in [1.165, 1.54) is 24.1 Å². The molecular formula is C14H20N2O. The van der Waals surface area contributed by atoms with Crippen LogP contribution < -0.4 is 10.2 Å². The predicted molar refractivity (Wildman–Crippen MR) is 71.5 cm³/mol. The summed E-state index contributed by atoms with van der Waals surface area (Å²) in [6.07, 6.45) is 3.01. The van der Waals surface area contributed by atoms with Gasteiger partial charge in [-0.15, -0.1) is 0 Å². The molecule has 2 rings (SSSR count). The van der Waals surface area contributed by atoms with E-state index in [-0.39, 0.29) is 5.91 Å². The Morgan fingerprint density at radius 1 is 1.35 bits per heavy atom. The van der Waals surface area contributed by atoms with Crippen LogP contribution in [0.1, 0.15) is 31.7 Å². The van der Waals surface area contributed by atoms with E-state index in [1.807, 2.05) is 19.1 Å². The van der Waals surface area contributed by atoms with Crippen LogP contribution in [0.4, 0.5) is 11.4 Å². The Labute approximate surface area is 103 Å². The molecule has 0 unspecified atom stereocenters. The first kappa shape index (κ1) is 12.0. The number of benzene rings is 1. The largest absolute Gasteiger partial charge is 0.370 e. The van der Waals surface area contributed by atoms with Crippen molar-refractivity contribution >= 4 is 17.3 Å². The zero-order valence-electron chi connectivity index (χ0n) is 10.6. The quantitative estimate of drug-likeness (QED) is 0.869. The number of hydrogen-bond donors (Lipinski definition) is 1. The topological polar surface area (TPSA) is 32.3 Å². The summed E-state index contributed by atoms with van der Waals surface area (Å²) in [7, 11) is 0. The Balaban J connectivity index is 2.26. The van der Waals surface area contributed by atoms with Crippen LogP contribution in [0.5, 0.6) is 0 Å². The fourth-order valence-corrected chi connectivity index (χ4v) is 2.21. The van der Waals surface area contributed by atoms with Crippen molar-refractivity contribution in [2.75, 3.05) is 23.3 Å². The number of rotatable bonds is 3. The van der Waals surface area contributed by atoms with Gasteiger partial charge in [-0.1, -0.05) is 13.0 Å². The summed E-state index contributed by atoms with van der Waals surface area (Å²) in [5.41, 5.74) is 3.36. The monoisotopic (exact) mass is 232 g/mol. The lowest BCUT2D eigenvalue weighted by Crippen LogP contribution is -2.21. The SMILES string of the molecule is CCC(=O)Nc1ccc(C)cc1N1CCCC1. The van der Waals surface area contributed by atoms with Gasteiger partial charge in [0.25, 0.3) is 0 Å². The molecule has 92 valence electrons. The molecule has 0 aromatic heterocycles. The van der Waals surface area contributed by atoms with E-state index in [2.05, 4.69) is 23.2 Å². The van der Waals surface area contributed by atoms with E-state index in [4.69, 9.17) is 0 Å². The van der Waals surface area contributed by atoms with E-state index in [9.17, 15) is 4.79 Å². The summed E-state index contributed by atoms with van der Waals surface area (Å²) >= 11 is 0. The highest BCUT2D eigenvalue weighted by molar-refractivity contribution is 5.94. The molecule has 1 saturated heterocycles. The molecule has 0 radical (unpaired) electrons. The number of carbonyl (C=O) groups excluding carboxylic acids is 1. The number of hydrogen-bond acceptors (Lipinski definition) is 2. The third-order valence-corrected chi connectivity index (χ3v) is 3.20. The molecule has 0 saturated carbocycles. The van der Waals surface area contributed by atoms with Crippen LogP contribution in [-0.4, -0.2) is 19.0 Å². The molecule has 17 heavy (non-hydrogen) atoms. The number of carbonyl (C=O) groups is 1. The van der Waals surface area contributed by atoms with Crippen LogP contribution in [0.3, 0.4) is 0 Å². The average molecular weight is 232 g/mol. The maximum atomic E-state index is 11.5. The zero-order chi connectivity index (χ0) is 12.3. The molecule has 3 nitrogen and oxygen atoms in total. The third-order valence-electron chi connectivity index (χ3n) is 3.20. The minimum absolute atomic E-state index is 0.0781. The molecule has 1 fully saturated rings. The summed E-state index contributed by atoms with van der Waals surface area (Å²) in [5.74, 6) is 0.0781. The fraction of sp³-hybridized carbons (Fsp3) is 0.500. The lowest BCUT2D eigenvalue weighted by molar-refractivity contribution is -0.115. The molecule has 1 aromatic carbocycles. The van der Waals surface area contributed by atoms with Gasteiger partial charge < -0.3 is 10.2 Å². The van der Waals surface area contributed by atoms with E-state index in [0.717, 1.165) is 18.8 Å². The van der Waals surface area contributed by atoms with Crippen molar-refractivity contribution in [1.29, 1.82) is 0 Å². The van der Waals surface area contributed by atoms with Crippen LogP contribution in [0, 0.1) is 6.92 Å². The Morgan fingerprint density at radius 2 is 2.06 bits per heavy atom. The number of nitrogens with zero attached hydrogens (tertiary/aromatic N) is 1. The highest BCUT2D eigenvalue weighted by Crippen LogP contribution is 2.30. The minimum atomic E-state index is 0.0781. The number of nitrogens with one attached hydrogen (secondary N) is 1. The number of anilines is 2. The van der Waals surface area contributed by atoms with Crippen molar-refractivity contribution in [1.82, 2.24) is 0 Å². The minimum Gasteiger partial charge on any atom is -0.370 e. The van der Waals surface area contributed by atoms with Crippen molar-refractivity contribution < 1.29 is 4.79 Å². The van der Waals surface area contributed by atoms with E-state index in [1.54, 1.807) is 0 Å². The maximum Gasteiger partial charge on any atom is 0.224 e. The Morgan fingerprint density at radius 3 is 2.71 bits per heavy atom. The molecule has 1 aliphatic heterocycles. The summed E-state index contributed by atoms with van der Waals surface area (Å²) < 4.78 is 0. The van der Waals surface area contributed by atoms with E-state index >= 15 is 0 Å². The second-order valence-corrected chi connectivity index (χ2v) is 4.62. The first-order valence-electron chi connectivity index (χ1n) is 6.36. The zero-order valence-corrected chi connectivity index (χ0v) is 10.6. The van der Waals surface area contributed by atoms with Crippen molar-refractivity contribution in [3.05, 3.63) is 23.8 Å². The van der Waals surface area contributed by atoms with Crippen molar-refractivity contribution in [3.63, 3.8) is 0 Å². The first-order chi connectivity index (χ1) is 8.20. The van der Waals surface area contributed by atoms with Gasteiger partial charge in [0.15, 0.2) is 0 Å². The Hall–Kier alpha value is -1.51. The number of amides is 1. The van der Waals surface area contributed by atoms with Crippen molar-refractivity contribution in [2.24, 2.45) is 0 Å². The predicted octanol–water partition coefficient (Wildman–Crippen LogP) is 2.94. The smallest absolute Gasteiger partial charge is 0.224 e. The van der Waals surface area contributed by atoms with Crippen molar-refractivity contribution in [2.45, 2.75) is 33.1 Å².